The van der Waals surface area contributed by atoms with E-state index in [9.17, 15) is 9.59 Å². The number of nitrogens with one attached hydrogen (secondary N) is 1. The molecule has 0 unspecified atom stereocenters. The molecular formula is C22H34N2O6Si2. The normalized spacial score (nSPS) is 15.2. The maximum absolute atomic E-state index is 12.5. The van der Waals surface area contributed by atoms with Crippen LogP contribution in [0.5, 0.6) is 0 Å². The predicted molar refractivity (Wildman–Crippen MR) is 127 cm³/mol. The molecule has 0 aliphatic carbocycles. The molecule has 1 N–H and O–H groups in total. The minimum absolute atomic E-state index is 0.267. The van der Waals surface area contributed by atoms with Crippen molar-refractivity contribution in [2.24, 2.45) is 0 Å². The van der Waals surface area contributed by atoms with Crippen LogP contribution in [0.3, 0.4) is 0 Å². The maximum Gasteiger partial charge on any atom is 0.513 e. The lowest BCUT2D eigenvalue weighted by molar-refractivity contribution is 0.0716. The number of rotatable bonds is 7. The SMILES string of the molecule is CC1=C(OC(=O)OC[Si](C)(C)C)C(c2ccccn2)C(OC(=O)OC[Si](C)(C)C)=C(C)N1. The van der Waals surface area contributed by atoms with E-state index in [4.69, 9.17) is 18.9 Å². The summed E-state index contributed by atoms with van der Waals surface area (Å²) in [6, 6.07) is 5.38. The molecule has 10 heteroatoms. The molecule has 0 amide bonds. The van der Waals surface area contributed by atoms with Gasteiger partial charge in [-0.15, -0.1) is 0 Å². The molecule has 0 saturated heterocycles. The number of carbonyl (C=O) groups is 2. The number of dihydropyridines is 1. The molecule has 0 atom stereocenters. The molecule has 176 valence electrons. The molecule has 0 aromatic carbocycles. The molecule has 2 heterocycles. The molecule has 1 aliphatic rings. The molecule has 1 aromatic heterocycles. The van der Waals surface area contributed by atoms with E-state index in [1.807, 2.05) is 6.07 Å². The van der Waals surface area contributed by atoms with Gasteiger partial charge in [0, 0.05) is 6.20 Å². The summed E-state index contributed by atoms with van der Waals surface area (Å²) in [5.74, 6) is -0.179. The van der Waals surface area contributed by atoms with Crippen molar-refractivity contribution in [2.75, 3.05) is 12.5 Å². The van der Waals surface area contributed by atoms with E-state index >= 15 is 0 Å². The molecule has 0 radical (unpaired) electrons. The van der Waals surface area contributed by atoms with E-state index in [2.05, 4.69) is 49.6 Å². The number of carbonyl (C=O) groups excluding carboxylic acids is 2. The van der Waals surface area contributed by atoms with E-state index in [1.165, 1.54) is 0 Å². The number of pyridine rings is 1. The van der Waals surface area contributed by atoms with Crippen LogP contribution in [0.15, 0.2) is 47.3 Å². The topological polar surface area (TPSA) is 96.0 Å². The van der Waals surface area contributed by atoms with Crippen molar-refractivity contribution in [1.82, 2.24) is 10.3 Å². The molecule has 1 aliphatic heterocycles. The number of hydrogen-bond donors (Lipinski definition) is 1. The summed E-state index contributed by atoms with van der Waals surface area (Å²) in [7, 11) is -3.23. The molecule has 0 spiro atoms. The van der Waals surface area contributed by atoms with Crippen molar-refractivity contribution >= 4 is 28.5 Å². The average Bonchev–Trinajstić information content (AvgIpc) is 2.68. The Morgan fingerprint density at radius 3 is 1.72 bits per heavy atom. The van der Waals surface area contributed by atoms with Gasteiger partial charge in [0.1, 0.15) is 17.4 Å². The van der Waals surface area contributed by atoms with Gasteiger partial charge < -0.3 is 24.3 Å². The van der Waals surface area contributed by atoms with Gasteiger partial charge in [-0.05, 0) is 26.0 Å². The predicted octanol–water partition coefficient (Wildman–Crippen LogP) is 5.29. The zero-order chi connectivity index (χ0) is 24.1. The van der Waals surface area contributed by atoms with E-state index < -0.39 is 34.4 Å². The van der Waals surface area contributed by atoms with Gasteiger partial charge in [-0.1, -0.05) is 45.3 Å². The highest BCUT2D eigenvalue weighted by Crippen LogP contribution is 2.38. The number of hydrogen-bond acceptors (Lipinski definition) is 8. The van der Waals surface area contributed by atoms with Crippen LogP contribution < -0.4 is 5.32 Å². The zero-order valence-electron chi connectivity index (χ0n) is 20.2. The molecule has 1 aromatic rings. The summed E-state index contributed by atoms with van der Waals surface area (Å²) in [4.78, 5) is 29.3. The summed E-state index contributed by atoms with van der Waals surface area (Å²) in [5.41, 5.74) is 1.77. The molecule has 32 heavy (non-hydrogen) atoms. The van der Waals surface area contributed by atoms with E-state index in [1.54, 1.807) is 32.2 Å². The van der Waals surface area contributed by atoms with Gasteiger partial charge in [-0.2, -0.15) is 0 Å². The first-order valence-corrected chi connectivity index (χ1v) is 18.0. The average molecular weight is 479 g/mol. The summed E-state index contributed by atoms with van der Waals surface area (Å²) >= 11 is 0. The Morgan fingerprint density at radius 2 is 1.34 bits per heavy atom. The van der Waals surface area contributed by atoms with Crippen molar-refractivity contribution in [1.29, 1.82) is 0 Å². The van der Waals surface area contributed by atoms with Crippen molar-refractivity contribution in [3.05, 3.63) is 53.0 Å². The lowest BCUT2D eigenvalue weighted by atomic mass is 9.94. The summed E-state index contributed by atoms with van der Waals surface area (Å²) in [6.07, 6.45) is 0.696. The first-order chi connectivity index (χ1) is 14.8. The minimum Gasteiger partial charge on any atom is -0.438 e. The third-order valence-corrected chi connectivity index (χ3v) is 6.28. The molecule has 8 nitrogen and oxygen atoms in total. The second-order valence-electron chi connectivity index (χ2n) is 10.2. The highest BCUT2D eigenvalue weighted by molar-refractivity contribution is 6.76. The minimum atomic E-state index is -1.61. The van der Waals surface area contributed by atoms with Crippen LogP contribution in [0.25, 0.3) is 0 Å². The molecule has 0 fully saturated rings. The van der Waals surface area contributed by atoms with Gasteiger partial charge in [0.05, 0.1) is 45.7 Å². The number of allylic oxidation sites excluding steroid dienone is 2. The lowest BCUT2D eigenvalue weighted by Gasteiger charge is -2.30. The Labute approximate surface area is 192 Å². The van der Waals surface area contributed by atoms with Crippen molar-refractivity contribution in [3.8, 4) is 0 Å². The van der Waals surface area contributed by atoms with Gasteiger partial charge >= 0.3 is 12.3 Å². The van der Waals surface area contributed by atoms with Crippen LogP contribution in [0.1, 0.15) is 25.5 Å². The van der Waals surface area contributed by atoms with Crippen LogP contribution in [-0.4, -0.2) is 45.9 Å². The molecular weight excluding hydrogens is 444 g/mol. The maximum atomic E-state index is 12.5. The van der Waals surface area contributed by atoms with Gasteiger partial charge in [0.2, 0.25) is 0 Å². The Kier molecular flexibility index (Phi) is 8.30. The largest absolute Gasteiger partial charge is 0.513 e. The number of ether oxygens (including phenoxy) is 4. The lowest BCUT2D eigenvalue weighted by Crippen LogP contribution is -2.33. The van der Waals surface area contributed by atoms with Crippen LogP contribution in [-0.2, 0) is 18.9 Å². The van der Waals surface area contributed by atoms with Gasteiger partial charge in [0.25, 0.3) is 0 Å². The fourth-order valence-electron chi connectivity index (χ4n) is 2.83. The van der Waals surface area contributed by atoms with Crippen molar-refractivity contribution in [2.45, 2.75) is 59.0 Å². The van der Waals surface area contributed by atoms with Crippen LogP contribution in [0, 0.1) is 0 Å². The molecule has 0 bridgehead atoms. The second kappa shape index (κ2) is 10.3. The van der Waals surface area contributed by atoms with E-state index in [-0.39, 0.29) is 11.5 Å². The van der Waals surface area contributed by atoms with E-state index in [0.717, 1.165) is 0 Å². The van der Waals surface area contributed by atoms with Crippen LogP contribution >= 0.6 is 0 Å². The Bertz CT molecular complexity index is 847. The summed E-state index contributed by atoms with van der Waals surface area (Å²) < 4.78 is 21.9. The van der Waals surface area contributed by atoms with Crippen molar-refractivity contribution in [3.63, 3.8) is 0 Å². The van der Waals surface area contributed by atoms with Crippen LogP contribution in [0.4, 0.5) is 9.59 Å². The number of aromatic nitrogens is 1. The van der Waals surface area contributed by atoms with Crippen molar-refractivity contribution < 1.29 is 28.5 Å². The zero-order valence-corrected chi connectivity index (χ0v) is 22.2. The Morgan fingerprint density at radius 1 is 0.875 bits per heavy atom. The molecule has 2 rings (SSSR count). The van der Waals surface area contributed by atoms with Gasteiger partial charge in [-0.25, -0.2) is 9.59 Å². The first-order valence-electron chi connectivity index (χ1n) is 10.6. The third kappa shape index (κ3) is 7.83. The summed E-state index contributed by atoms with van der Waals surface area (Å²) in [6.45, 7) is 16.1. The van der Waals surface area contributed by atoms with E-state index in [0.29, 0.717) is 29.5 Å². The monoisotopic (exact) mass is 478 g/mol. The molecule has 0 saturated carbocycles. The third-order valence-electron chi connectivity index (χ3n) is 4.25. The Balaban J connectivity index is 2.31. The Hall–Kier alpha value is -2.60. The highest BCUT2D eigenvalue weighted by atomic mass is 28.3. The summed E-state index contributed by atoms with van der Waals surface area (Å²) in [5, 5.41) is 3.12. The first kappa shape index (κ1) is 25.7. The smallest absolute Gasteiger partial charge is 0.438 e. The fraction of sp³-hybridized carbons (Fsp3) is 0.500. The fourth-order valence-corrected chi connectivity index (χ4v) is 3.93. The standard InChI is InChI=1S/C22H34N2O6Si2/c1-15-19(29-21(25)27-13-31(3,4)5)18(17-11-9-10-12-23-17)20(16(2)24-15)30-22(26)28-14-32(6,7)8/h9-12,18,24H,13-14H2,1-8H3. The quantitative estimate of drug-likeness (QED) is 0.417. The van der Waals surface area contributed by atoms with Crippen LogP contribution in [0.2, 0.25) is 39.3 Å². The number of nitrogens with zero attached hydrogens (tertiary/aromatic N) is 1. The second-order valence-corrected chi connectivity index (χ2v) is 21.0. The highest BCUT2D eigenvalue weighted by Gasteiger charge is 2.37. The van der Waals surface area contributed by atoms with Gasteiger partial charge in [0.15, 0.2) is 0 Å². The van der Waals surface area contributed by atoms with Gasteiger partial charge in [-0.3, -0.25) is 4.98 Å².